The van der Waals surface area contributed by atoms with Gasteiger partial charge in [0.2, 0.25) is 0 Å². The third-order valence-electron chi connectivity index (χ3n) is 8.37. The van der Waals surface area contributed by atoms with Gasteiger partial charge in [-0.3, -0.25) is 4.79 Å². The van der Waals surface area contributed by atoms with Crippen molar-refractivity contribution < 1.29 is 14.4 Å². The van der Waals surface area contributed by atoms with Crippen molar-refractivity contribution >= 4 is 11.9 Å². The number of benzene rings is 2. The Morgan fingerprint density at radius 2 is 1.71 bits per heavy atom. The predicted octanol–water partition coefficient (Wildman–Crippen LogP) is 5.81. The molecule has 188 valence electrons. The molecule has 5 nitrogen and oxygen atoms in total. The molecule has 1 saturated carbocycles. The average molecular weight is 477 g/mol. The highest BCUT2D eigenvalue weighted by Crippen LogP contribution is 2.47. The highest BCUT2D eigenvalue weighted by Gasteiger charge is 2.42. The molecule has 0 radical (unpaired) electrons. The highest BCUT2D eigenvalue weighted by molar-refractivity contribution is 5.80. The summed E-state index contributed by atoms with van der Waals surface area (Å²) in [6.07, 6.45) is 7.55. The molecule has 1 aliphatic heterocycles. The maximum absolute atomic E-state index is 12.5. The molecular weight excluding hydrogens is 436 g/mol. The van der Waals surface area contributed by atoms with Gasteiger partial charge in [0.15, 0.2) is 0 Å². The average Bonchev–Trinajstić information content (AvgIpc) is 3.53. The van der Waals surface area contributed by atoms with Crippen molar-refractivity contribution in [1.82, 2.24) is 10.4 Å². The van der Waals surface area contributed by atoms with Gasteiger partial charge >= 0.3 is 5.97 Å². The van der Waals surface area contributed by atoms with Crippen LogP contribution in [0.25, 0.3) is 11.1 Å². The van der Waals surface area contributed by atoms with E-state index in [0.29, 0.717) is 0 Å². The summed E-state index contributed by atoms with van der Waals surface area (Å²) in [6, 6.07) is 18.6. The summed E-state index contributed by atoms with van der Waals surface area (Å²) in [5, 5.41) is 0. The molecule has 1 aliphatic carbocycles. The Morgan fingerprint density at radius 1 is 1.03 bits per heavy atom. The number of carbonyl (C=O) groups excluding carboxylic acids is 2. The zero-order valence-corrected chi connectivity index (χ0v) is 21.5. The van der Waals surface area contributed by atoms with Crippen LogP contribution in [0, 0.1) is 5.92 Å². The van der Waals surface area contributed by atoms with Crippen molar-refractivity contribution in [3.63, 3.8) is 0 Å². The van der Waals surface area contributed by atoms with Crippen LogP contribution in [0.5, 0.6) is 0 Å². The molecule has 1 N–H and O–H groups in total. The van der Waals surface area contributed by atoms with E-state index >= 15 is 0 Å². The number of carbonyl (C=O) groups is 2. The maximum Gasteiger partial charge on any atom is 0.331 e. The standard InChI is InChI=1S/C30H40N2O3/c1-4-28(33)35-31-29(34)26-16-18-30(5-2,21-26)27-14-12-25(13-15-27)24-10-8-23(9-11-24)17-20-32-19-6-7-22(32)3/h8-15,22,26H,4-7,16-21H2,1-3H3,(H,31,34)/t22-,26-,30-/m1/s1. The molecule has 3 atom stereocenters. The summed E-state index contributed by atoms with van der Waals surface area (Å²) in [4.78, 5) is 31.3. The van der Waals surface area contributed by atoms with Crippen LogP contribution in [0.3, 0.4) is 0 Å². The lowest BCUT2D eigenvalue weighted by Crippen LogP contribution is -2.33. The van der Waals surface area contributed by atoms with Gasteiger partial charge < -0.3 is 9.74 Å². The lowest BCUT2D eigenvalue weighted by atomic mass is 9.75. The minimum absolute atomic E-state index is 0.00807. The first-order chi connectivity index (χ1) is 16.9. The Hall–Kier alpha value is -2.66. The van der Waals surface area contributed by atoms with Crippen LogP contribution >= 0.6 is 0 Å². The van der Waals surface area contributed by atoms with E-state index in [2.05, 4.69) is 72.8 Å². The van der Waals surface area contributed by atoms with Gasteiger partial charge in [0.1, 0.15) is 0 Å². The largest absolute Gasteiger partial charge is 0.341 e. The van der Waals surface area contributed by atoms with Crippen LogP contribution in [-0.2, 0) is 26.3 Å². The van der Waals surface area contributed by atoms with Crippen LogP contribution in [0.15, 0.2) is 48.5 Å². The number of likely N-dealkylation sites (tertiary alicyclic amines) is 1. The minimum atomic E-state index is -0.414. The molecular formula is C30H40N2O3. The summed E-state index contributed by atoms with van der Waals surface area (Å²) >= 11 is 0. The first kappa shape index (κ1) is 25.4. The lowest BCUT2D eigenvalue weighted by molar-refractivity contribution is -0.159. The Labute approximate surface area is 210 Å². The van der Waals surface area contributed by atoms with Gasteiger partial charge in [-0.2, -0.15) is 5.48 Å². The van der Waals surface area contributed by atoms with Crippen LogP contribution < -0.4 is 5.48 Å². The van der Waals surface area contributed by atoms with E-state index in [1.807, 2.05) is 0 Å². The van der Waals surface area contributed by atoms with Crippen molar-refractivity contribution in [2.75, 3.05) is 13.1 Å². The molecule has 2 aromatic carbocycles. The SMILES string of the molecule is CCC(=O)ONC(=O)[C@@H]1CC[C@@](CC)(c2ccc(-c3ccc(CCN4CCC[C@H]4C)cc3)cc2)C1. The molecule has 0 spiro atoms. The van der Waals surface area contributed by atoms with Crippen molar-refractivity contribution in [2.24, 2.45) is 5.92 Å². The van der Waals surface area contributed by atoms with Gasteiger partial charge in [-0.1, -0.05) is 62.4 Å². The highest BCUT2D eigenvalue weighted by atomic mass is 16.7. The quantitative estimate of drug-likeness (QED) is 0.488. The van der Waals surface area contributed by atoms with E-state index in [0.717, 1.165) is 44.7 Å². The second-order valence-electron chi connectivity index (χ2n) is 10.4. The van der Waals surface area contributed by atoms with Crippen molar-refractivity contribution in [1.29, 1.82) is 0 Å². The number of hydroxylamine groups is 1. The second kappa shape index (κ2) is 11.4. The van der Waals surface area contributed by atoms with Crippen LogP contribution in [0.2, 0.25) is 0 Å². The first-order valence-corrected chi connectivity index (χ1v) is 13.4. The summed E-state index contributed by atoms with van der Waals surface area (Å²) in [7, 11) is 0. The molecule has 2 aliphatic rings. The Kier molecular flexibility index (Phi) is 8.27. The molecule has 5 heteroatoms. The van der Waals surface area contributed by atoms with Gasteiger partial charge in [0.05, 0.1) is 0 Å². The number of nitrogens with one attached hydrogen (secondary N) is 1. The smallest absolute Gasteiger partial charge is 0.331 e. The minimum Gasteiger partial charge on any atom is -0.341 e. The summed E-state index contributed by atoms with van der Waals surface area (Å²) in [5.41, 5.74) is 7.50. The second-order valence-corrected chi connectivity index (χ2v) is 10.4. The zero-order valence-electron chi connectivity index (χ0n) is 21.5. The van der Waals surface area contributed by atoms with E-state index in [-0.39, 0.29) is 23.7 Å². The summed E-state index contributed by atoms with van der Waals surface area (Å²) in [6.45, 7) is 8.64. The molecule has 0 bridgehead atoms. The van der Waals surface area contributed by atoms with Crippen LogP contribution in [0.1, 0.15) is 76.8 Å². The van der Waals surface area contributed by atoms with Crippen molar-refractivity contribution in [2.45, 2.75) is 83.6 Å². The van der Waals surface area contributed by atoms with E-state index in [1.165, 1.54) is 41.6 Å². The Bertz CT molecular complexity index is 1000. The number of nitrogens with zero attached hydrogens (tertiary/aromatic N) is 1. The predicted molar refractivity (Wildman–Crippen MR) is 140 cm³/mol. The van der Waals surface area contributed by atoms with Crippen molar-refractivity contribution in [3.8, 4) is 11.1 Å². The molecule has 2 aromatic rings. The van der Waals surface area contributed by atoms with E-state index in [4.69, 9.17) is 4.84 Å². The van der Waals surface area contributed by atoms with Crippen LogP contribution in [-0.4, -0.2) is 35.9 Å². The molecule has 1 heterocycles. The van der Waals surface area contributed by atoms with Gasteiger partial charge in [-0.15, -0.1) is 0 Å². The zero-order chi connectivity index (χ0) is 24.8. The molecule has 4 rings (SSSR count). The Morgan fingerprint density at radius 3 is 2.31 bits per heavy atom. The topological polar surface area (TPSA) is 58.6 Å². The van der Waals surface area contributed by atoms with E-state index in [9.17, 15) is 9.59 Å². The maximum atomic E-state index is 12.5. The van der Waals surface area contributed by atoms with Gasteiger partial charge in [0.25, 0.3) is 5.91 Å². The third kappa shape index (κ3) is 5.95. The van der Waals surface area contributed by atoms with E-state index in [1.54, 1.807) is 6.92 Å². The molecule has 1 saturated heterocycles. The van der Waals surface area contributed by atoms with Crippen LogP contribution in [0.4, 0.5) is 0 Å². The fourth-order valence-corrected chi connectivity index (χ4v) is 5.88. The normalized spacial score (nSPS) is 24.4. The fourth-order valence-electron chi connectivity index (χ4n) is 5.88. The summed E-state index contributed by atoms with van der Waals surface area (Å²) in [5.74, 6) is -0.726. The third-order valence-corrected chi connectivity index (χ3v) is 8.37. The lowest BCUT2D eigenvalue weighted by Gasteiger charge is -2.29. The molecule has 1 amide bonds. The van der Waals surface area contributed by atoms with Gasteiger partial charge in [0, 0.05) is 24.9 Å². The fraction of sp³-hybridized carbons (Fsp3) is 0.533. The molecule has 2 fully saturated rings. The number of amides is 1. The van der Waals surface area contributed by atoms with Crippen molar-refractivity contribution in [3.05, 3.63) is 59.7 Å². The molecule has 0 aromatic heterocycles. The summed E-state index contributed by atoms with van der Waals surface area (Å²) < 4.78 is 0. The van der Waals surface area contributed by atoms with Gasteiger partial charge in [-0.05, 0) is 86.1 Å². The monoisotopic (exact) mass is 476 g/mol. The van der Waals surface area contributed by atoms with E-state index < -0.39 is 5.97 Å². The molecule has 0 unspecified atom stereocenters. The van der Waals surface area contributed by atoms with Gasteiger partial charge in [-0.25, -0.2) is 4.79 Å². The first-order valence-electron chi connectivity index (χ1n) is 13.4. The number of hydrogen-bond donors (Lipinski definition) is 1. The Balaban J connectivity index is 1.37. The number of hydrogen-bond acceptors (Lipinski definition) is 4. The number of rotatable bonds is 8. The molecule has 35 heavy (non-hydrogen) atoms.